The van der Waals surface area contributed by atoms with E-state index in [0.717, 1.165) is 22.5 Å². The zero-order valence-electron chi connectivity index (χ0n) is 11.4. The van der Waals surface area contributed by atoms with Crippen molar-refractivity contribution in [2.24, 2.45) is 0 Å². The van der Waals surface area contributed by atoms with Crippen molar-refractivity contribution < 1.29 is 0 Å². The molecule has 1 aromatic carbocycles. The van der Waals surface area contributed by atoms with Crippen LogP contribution in [-0.2, 0) is 0 Å². The number of imidazole rings is 1. The van der Waals surface area contributed by atoms with Gasteiger partial charge in [0.25, 0.3) is 0 Å². The lowest BCUT2D eigenvalue weighted by molar-refractivity contribution is 0.876. The van der Waals surface area contributed by atoms with Gasteiger partial charge in [-0.3, -0.25) is 4.57 Å². The molecule has 0 aliphatic carbocycles. The highest BCUT2D eigenvalue weighted by atomic mass is 35.5. The Morgan fingerprint density at radius 2 is 1.86 bits per heavy atom. The van der Waals surface area contributed by atoms with E-state index in [1.807, 2.05) is 36.6 Å². The molecule has 0 fully saturated rings. The van der Waals surface area contributed by atoms with Crippen LogP contribution in [0.3, 0.4) is 0 Å². The normalized spacial score (nSPS) is 12.8. The minimum absolute atomic E-state index is 0.272. The van der Waals surface area contributed by atoms with Gasteiger partial charge in [-0.15, -0.1) is 11.6 Å². The van der Waals surface area contributed by atoms with Crippen LogP contribution in [0.5, 0.6) is 0 Å². The van der Waals surface area contributed by atoms with Gasteiger partial charge in [-0.25, -0.2) is 9.97 Å². The van der Waals surface area contributed by atoms with Crippen LogP contribution in [0.25, 0.3) is 16.9 Å². The summed E-state index contributed by atoms with van der Waals surface area (Å²) in [5.41, 5.74) is 3.20. The highest BCUT2D eigenvalue weighted by molar-refractivity contribution is 6.35. The van der Waals surface area contributed by atoms with Gasteiger partial charge in [0.05, 0.1) is 16.1 Å². The van der Waals surface area contributed by atoms with Gasteiger partial charge in [-0.2, -0.15) is 0 Å². The highest BCUT2D eigenvalue weighted by Gasteiger charge is 2.19. The Morgan fingerprint density at radius 1 is 1.10 bits per heavy atom. The molecule has 6 heteroatoms. The number of alkyl halides is 1. The molecule has 108 valence electrons. The zero-order chi connectivity index (χ0) is 15.1. The van der Waals surface area contributed by atoms with Crippen molar-refractivity contribution in [1.29, 1.82) is 0 Å². The van der Waals surface area contributed by atoms with Crippen LogP contribution in [0.1, 0.15) is 23.8 Å². The lowest BCUT2D eigenvalue weighted by Gasteiger charge is -2.12. The molecule has 0 saturated heterocycles. The third kappa shape index (κ3) is 2.61. The summed E-state index contributed by atoms with van der Waals surface area (Å²) in [6, 6.07) is 9.18. The zero-order valence-corrected chi connectivity index (χ0v) is 13.7. The van der Waals surface area contributed by atoms with E-state index in [9.17, 15) is 0 Å². The first-order valence-corrected chi connectivity index (χ1v) is 7.62. The smallest absolute Gasteiger partial charge is 0.165 e. The third-order valence-corrected chi connectivity index (χ3v) is 3.91. The van der Waals surface area contributed by atoms with Crippen LogP contribution in [-0.4, -0.2) is 14.5 Å². The van der Waals surface area contributed by atoms with Gasteiger partial charge in [0.1, 0.15) is 11.3 Å². The summed E-state index contributed by atoms with van der Waals surface area (Å²) in [7, 11) is 0. The van der Waals surface area contributed by atoms with Crippen LogP contribution in [0.4, 0.5) is 0 Å². The first kappa shape index (κ1) is 14.6. The van der Waals surface area contributed by atoms with E-state index in [1.54, 1.807) is 12.1 Å². The molecule has 3 rings (SSSR count). The second-order valence-electron chi connectivity index (χ2n) is 4.81. The Labute approximate surface area is 137 Å². The van der Waals surface area contributed by atoms with Gasteiger partial charge in [-0.1, -0.05) is 23.2 Å². The Kier molecular flexibility index (Phi) is 3.82. The molecule has 0 amide bonds. The minimum atomic E-state index is -0.272. The standard InChI is InChI=1S/C15H12Cl3N3/c1-8-3-5-12-15(19-8)21(14(20-12)9(2)16)13-6-4-10(17)7-11(13)18/h3-7,9H,1-2H3. The Bertz CT molecular complexity index is 824. The largest absolute Gasteiger partial charge is 0.278 e. The van der Waals surface area contributed by atoms with Gasteiger partial charge in [0.15, 0.2) is 5.65 Å². The van der Waals surface area contributed by atoms with Crippen LogP contribution >= 0.6 is 34.8 Å². The number of benzene rings is 1. The SMILES string of the molecule is Cc1ccc2nc(C(C)Cl)n(-c3ccc(Cl)cc3Cl)c2n1. The maximum atomic E-state index is 6.33. The summed E-state index contributed by atoms with van der Waals surface area (Å²) in [6.45, 7) is 3.81. The van der Waals surface area contributed by atoms with E-state index in [1.165, 1.54) is 0 Å². The van der Waals surface area contributed by atoms with Crippen molar-refractivity contribution in [2.45, 2.75) is 19.2 Å². The maximum absolute atomic E-state index is 6.33. The van der Waals surface area contributed by atoms with E-state index < -0.39 is 0 Å². The molecule has 2 heterocycles. The average Bonchev–Trinajstić information content (AvgIpc) is 2.77. The molecule has 0 bridgehead atoms. The fraction of sp³-hybridized carbons (Fsp3) is 0.200. The summed E-state index contributed by atoms with van der Waals surface area (Å²) in [5.74, 6) is 0.703. The first-order valence-electron chi connectivity index (χ1n) is 6.43. The monoisotopic (exact) mass is 339 g/mol. The number of halogens is 3. The molecular weight excluding hydrogens is 329 g/mol. The molecule has 0 radical (unpaired) electrons. The van der Waals surface area contributed by atoms with Crippen molar-refractivity contribution >= 4 is 46.0 Å². The summed E-state index contributed by atoms with van der Waals surface area (Å²) in [4.78, 5) is 9.14. The Hall–Kier alpha value is -1.29. The van der Waals surface area contributed by atoms with Crippen molar-refractivity contribution in [3.8, 4) is 5.69 Å². The van der Waals surface area contributed by atoms with Gasteiger partial charge in [0.2, 0.25) is 0 Å². The third-order valence-electron chi connectivity index (χ3n) is 3.18. The molecule has 0 aliphatic rings. The molecule has 0 spiro atoms. The number of hydrogen-bond acceptors (Lipinski definition) is 2. The molecule has 0 N–H and O–H groups in total. The minimum Gasteiger partial charge on any atom is -0.278 e. The molecule has 1 unspecified atom stereocenters. The molecule has 21 heavy (non-hydrogen) atoms. The quantitative estimate of drug-likeness (QED) is 0.590. The van der Waals surface area contributed by atoms with Gasteiger partial charge < -0.3 is 0 Å². The summed E-state index contributed by atoms with van der Waals surface area (Å²) in [6.07, 6.45) is 0. The number of aromatic nitrogens is 3. The van der Waals surface area contributed by atoms with Gasteiger partial charge >= 0.3 is 0 Å². The molecular formula is C15H12Cl3N3. The lowest BCUT2D eigenvalue weighted by Crippen LogP contribution is -2.03. The van der Waals surface area contributed by atoms with Crippen LogP contribution in [0.2, 0.25) is 10.0 Å². The van der Waals surface area contributed by atoms with Crippen molar-refractivity contribution in [2.75, 3.05) is 0 Å². The van der Waals surface area contributed by atoms with E-state index in [-0.39, 0.29) is 5.38 Å². The van der Waals surface area contributed by atoms with Crippen LogP contribution < -0.4 is 0 Å². The molecule has 2 aromatic heterocycles. The second kappa shape index (κ2) is 5.48. The predicted octanol–water partition coefficient (Wildman–Crippen LogP) is 5.34. The lowest BCUT2D eigenvalue weighted by atomic mass is 10.3. The van der Waals surface area contributed by atoms with Gasteiger partial charge in [0, 0.05) is 10.7 Å². The van der Waals surface area contributed by atoms with Crippen LogP contribution in [0.15, 0.2) is 30.3 Å². The van der Waals surface area contributed by atoms with E-state index >= 15 is 0 Å². The molecule has 0 aliphatic heterocycles. The molecule has 3 nitrogen and oxygen atoms in total. The van der Waals surface area contributed by atoms with Crippen molar-refractivity contribution in [3.05, 3.63) is 51.9 Å². The van der Waals surface area contributed by atoms with Crippen LogP contribution in [0, 0.1) is 6.92 Å². The molecule has 0 saturated carbocycles. The number of nitrogens with zero attached hydrogens (tertiary/aromatic N) is 3. The Morgan fingerprint density at radius 3 is 2.52 bits per heavy atom. The second-order valence-corrected chi connectivity index (χ2v) is 6.31. The van der Waals surface area contributed by atoms with Crippen molar-refractivity contribution in [1.82, 2.24) is 14.5 Å². The van der Waals surface area contributed by atoms with E-state index in [4.69, 9.17) is 34.8 Å². The highest BCUT2D eigenvalue weighted by Crippen LogP contribution is 2.32. The fourth-order valence-corrected chi connectivity index (χ4v) is 2.88. The summed E-state index contributed by atoms with van der Waals surface area (Å²) >= 11 is 18.6. The summed E-state index contributed by atoms with van der Waals surface area (Å²) in [5, 5.41) is 0.840. The van der Waals surface area contributed by atoms with E-state index in [0.29, 0.717) is 15.9 Å². The topological polar surface area (TPSA) is 30.7 Å². The fourth-order valence-electron chi connectivity index (χ4n) is 2.24. The predicted molar refractivity (Wildman–Crippen MR) is 87.9 cm³/mol. The number of rotatable bonds is 2. The van der Waals surface area contributed by atoms with Crippen molar-refractivity contribution in [3.63, 3.8) is 0 Å². The molecule has 3 aromatic rings. The summed E-state index contributed by atoms with van der Waals surface area (Å²) < 4.78 is 1.89. The number of hydrogen-bond donors (Lipinski definition) is 0. The van der Waals surface area contributed by atoms with Gasteiger partial charge in [-0.05, 0) is 44.2 Å². The Balaban J connectivity index is 2.38. The molecule has 1 atom stereocenters. The van der Waals surface area contributed by atoms with E-state index in [2.05, 4.69) is 9.97 Å². The number of aryl methyl sites for hydroxylation is 1. The number of pyridine rings is 1. The average molecular weight is 341 g/mol. The first-order chi connectivity index (χ1) is 9.97. The maximum Gasteiger partial charge on any atom is 0.165 e. The number of fused-ring (bicyclic) bond motifs is 1.